The number of nitrogens with zero attached hydrogens (tertiary/aromatic N) is 4. The Morgan fingerprint density at radius 3 is 2.25 bits per heavy atom. The third-order valence-electron chi connectivity index (χ3n) is 6.71. The summed E-state index contributed by atoms with van der Waals surface area (Å²) in [6, 6.07) is 4.68. The largest absolute Gasteiger partial charge is 0.451 e. The van der Waals surface area contributed by atoms with Crippen molar-refractivity contribution in [1.82, 2.24) is 19.7 Å². The Balaban J connectivity index is 1.29. The second-order valence-corrected chi connectivity index (χ2v) is 11.5. The number of hydrogen-bond acceptors (Lipinski definition) is 6. The molecule has 0 saturated heterocycles. The van der Waals surface area contributed by atoms with Gasteiger partial charge in [-0.25, -0.2) is 27.5 Å². The van der Waals surface area contributed by atoms with Gasteiger partial charge in [-0.1, -0.05) is 0 Å². The van der Waals surface area contributed by atoms with Crippen molar-refractivity contribution in [2.45, 2.75) is 60.8 Å². The molecule has 2 fully saturated rings. The summed E-state index contributed by atoms with van der Waals surface area (Å²) in [6.45, 7) is 0. The molecule has 0 radical (unpaired) electrons. The summed E-state index contributed by atoms with van der Waals surface area (Å²) in [5.74, 6) is -2.05. The maximum Gasteiger partial charge on any atom is 0.451 e. The Morgan fingerprint density at radius 1 is 1.03 bits per heavy atom. The standard InChI is InChI=1S/C24H22F4N4O3S/c25-17-4-6-20(7-5-17)36(34,35)21-8-3-15(21)9-19(33)10-16-13-32(31-22(16)14-1-2-14)18-11-29-23(30-12-18)24(26,27)28/h4-7,11-15,21H,1-3,8-10H2/t15-,21-/m0/s1. The number of rotatable bonds is 8. The van der Waals surface area contributed by atoms with Gasteiger partial charge in [-0.15, -0.1) is 0 Å². The maximum atomic E-state index is 13.2. The third-order valence-corrected chi connectivity index (χ3v) is 9.06. The zero-order valence-electron chi connectivity index (χ0n) is 18.9. The first-order chi connectivity index (χ1) is 17.0. The van der Waals surface area contributed by atoms with Crippen LogP contribution in [0.1, 0.15) is 55.1 Å². The average Bonchev–Trinajstić information content (AvgIpc) is 3.56. The number of hydrogen-bond donors (Lipinski definition) is 0. The topological polar surface area (TPSA) is 94.8 Å². The van der Waals surface area contributed by atoms with Crippen molar-refractivity contribution < 1.29 is 30.8 Å². The molecule has 3 aromatic rings. The number of alkyl halides is 3. The lowest BCUT2D eigenvalue weighted by Crippen LogP contribution is -2.40. The maximum absolute atomic E-state index is 13.2. The zero-order valence-corrected chi connectivity index (χ0v) is 19.8. The lowest BCUT2D eigenvalue weighted by Gasteiger charge is -2.35. The minimum Gasteiger partial charge on any atom is -0.299 e. The number of halogens is 4. The molecular formula is C24H22F4N4O3S. The van der Waals surface area contributed by atoms with E-state index in [1.165, 1.54) is 16.8 Å². The molecule has 2 aromatic heterocycles. The molecule has 0 aliphatic heterocycles. The molecule has 0 bridgehead atoms. The molecule has 2 saturated carbocycles. The van der Waals surface area contributed by atoms with Gasteiger partial charge in [0, 0.05) is 30.5 Å². The second-order valence-electron chi connectivity index (χ2n) is 9.32. The highest BCUT2D eigenvalue weighted by atomic mass is 32.2. The molecule has 2 heterocycles. The van der Waals surface area contributed by atoms with E-state index in [1.807, 2.05) is 0 Å². The minimum atomic E-state index is -4.65. The molecule has 1 aromatic carbocycles. The molecule has 2 atom stereocenters. The lowest BCUT2D eigenvalue weighted by molar-refractivity contribution is -0.145. The number of Topliss-reactive ketones (excluding diaryl/α,β-unsaturated/α-hetero) is 1. The highest BCUT2D eigenvalue weighted by Gasteiger charge is 2.42. The first-order valence-electron chi connectivity index (χ1n) is 11.5. The fourth-order valence-corrected chi connectivity index (χ4v) is 6.58. The average molecular weight is 523 g/mol. The zero-order chi connectivity index (χ0) is 25.7. The van der Waals surface area contributed by atoms with E-state index in [-0.39, 0.29) is 41.0 Å². The summed E-state index contributed by atoms with van der Waals surface area (Å²) in [4.78, 5) is 19.7. The first-order valence-corrected chi connectivity index (χ1v) is 13.1. The Morgan fingerprint density at radius 2 is 1.69 bits per heavy atom. The fourth-order valence-electron chi connectivity index (χ4n) is 4.53. The quantitative estimate of drug-likeness (QED) is 0.321. The number of sulfone groups is 1. The van der Waals surface area contributed by atoms with E-state index in [0.717, 1.165) is 37.4 Å². The number of ketones is 1. The van der Waals surface area contributed by atoms with Crippen molar-refractivity contribution in [3.63, 3.8) is 0 Å². The van der Waals surface area contributed by atoms with Gasteiger partial charge in [0.15, 0.2) is 9.84 Å². The van der Waals surface area contributed by atoms with Crippen molar-refractivity contribution >= 4 is 15.6 Å². The van der Waals surface area contributed by atoms with Gasteiger partial charge in [-0.3, -0.25) is 4.79 Å². The van der Waals surface area contributed by atoms with Gasteiger partial charge in [-0.05, 0) is 55.9 Å². The molecule has 190 valence electrons. The van der Waals surface area contributed by atoms with Crippen LogP contribution in [0.5, 0.6) is 0 Å². The van der Waals surface area contributed by atoms with E-state index in [0.29, 0.717) is 24.1 Å². The minimum absolute atomic E-state index is 0.0436. The van der Waals surface area contributed by atoms with E-state index in [9.17, 15) is 30.8 Å². The lowest BCUT2D eigenvalue weighted by atomic mass is 9.80. The van der Waals surface area contributed by atoms with Crippen LogP contribution >= 0.6 is 0 Å². The van der Waals surface area contributed by atoms with Crippen LogP contribution in [-0.2, 0) is 27.2 Å². The molecule has 7 nitrogen and oxygen atoms in total. The molecule has 5 rings (SSSR count). The van der Waals surface area contributed by atoms with E-state index in [1.54, 1.807) is 6.20 Å². The predicted octanol–water partition coefficient (Wildman–Crippen LogP) is 4.45. The molecule has 2 aliphatic rings. The smallest absolute Gasteiger partial charge is 0.299 e. The number of aromatic nitrogens is 4. The monoisotopic (exact) mass is 522 g/mol. The van der Waals surface area contributed by atoms with Crippen LogP contribution < -0.4 is 0 Å². The molecular weight excluding hydrogens is 500 g/mol. The van der Waals surface area contributed by atoms with Crippen LogP contribution in [0.3, 0.4) is 0 Å². The first kappa shape index (κ1) is 24.5. The van der Waals surface area contributed by atoms with E-state index < -0.39 is 32.9 Å². The van der Waals surface area contributed by atoms with Gasteiger partial charge < -0.3 is 0 Å². The summed E-state index contributed by atoms with van der Waals surface area (Å²) < 4.78 is 78.7. The van der Waals surface area contributed by atoms with Gasteiger partial charge in [0.2, 0.25) is 5.82 Å². The Kier molecular flexibility index (Phi) is 6.17. The summed E-state index contributed by atoms with van der Waals surface area (Å²) in [5.41, 5.74) is 1.63. The van der Waals surface area contributed by atoms with E-state index in [4.69, 9.17) is 0 Å². The normalized spacial score (nSPS) is 20.2. The van der Waals surface area contributed by atoms with Crippen molar-refractivity contribution in [1.29, 1.82) is 0 Å². The van der Waals surface area contributed by atoms with Gasteiger partial charge >= 0.3 is 6.18 Å². The van der Waals surface area contributed by atoms with Crippen molar-refractivity contribution in [2.24, 2.45) is 5.92 Å². The summed E-state index contributed by atoms with van der Waals surface area (Å²) in [7, 11) is -3.67. The van der Waals surface area contributed by atoms with Crippen LogP contribution in [0, 0.1) is 11.7 Å². The number of benzene rings is 1. The molecule has 2 aliphatic carbocycles. The number of carbonyl (C=O) groups is 1. The van der Waals surface area contributed by atoms with Crippen LogP contribution in [0.25, 0.3) is 5.69 Å². The highest BCUT2D eigenvalue weighted by molar-refractivity contribution is 7.92. The van der Waals surface area contributed by atoms with Gasteiger partial charge in [-0.2, -0.15) is 18.3 Å². The molecule has 0 spiro atoms. The molecule has 0 N–H and O–H groups in total. The van der Waals surface area contributed by atoms with Crippen LogP contribution in [-0.4, -0.2) is 39.2 Å². The second kappa shape index (κ2) is 9.06. The Labute approximate surface area is 204 Å². The predicted molar refractivity (Wildman–Crippen MR) is 120 cm³/mol. The highest BCUT2D eigenvalue weighted by Crippen LogP contribution is 2.42. The third kappa shape index (κ3) is 4.91. The van der Waals surface area contributed by atoms with Crippen molar-refractivity contribution in [3.8, 4) is 5.69 Å². The van der Waals surface area contributed by atoms with E-state index in [2.05, 4.69) is 15.1 Å². The molecule has 0 unspecified atom stereocenters. The molecule has 36 heavy (non-hydrogen) atoms. The van der Waals surface area contributed by atoms with Crippen molar-refractivity contribution in [2.75, 3.05) is 0 Å². The Hall–Kier alpha value is -3.15. The van der Waals surface area contributed by atoms with Crippen LogP contribution in [0.15, 0.2) is 47.8 Å². The Bertz CT molecular complexity index is 1380. The summed E-state index contributed by atoms with van der Waals surface area (Å²) in [5, 5.41) is 3.79. The van der Waals surface area contributed by atoms with Gasteiger partial charge in [0.05, 0.1) is 28.2 Å². The number of carbonyl (C=O) groups excluding carboxylic acids is 1. The van der Waals surface area contributed by atoms with Crippen LogP contribution in [0.4, 0.5) is 17.6 Å². The summed E-state index contributed by atoms with van der Waals surface area (Å²) >= 11 is 0. The van der Waals surface area contributed by atoms with E-state index >= 15 is 0 Å². The fraction of sp³-hybridized carbons (Fsp3) is 0.417. The molecule has 0 amide bonds. The van der Waals surface area contributed by atoms with Crippen LogP contribution in [0.2, 0.25) is 0 Å². The SMILES string of the molecule is O=C(Cc1cn(-c2cnc(C(F)(F)F)nc2)nc1C1CC1)C[C@@H]1CC[C@@H]1S(=O)(=O)c1ccc(F)cc1. The molecule has 12 heteroatoms. The van der Waals surface area contributed by atoms with Gasteiger partial charge in [0.1, 0.15) is 17.3 Å². The van der Waals surface area contributed by atoms with Crippen molar-refractivity contribution in [3.05, 3.63) is 65.8 Å². The van der Waals surface area contributed by atoms with Gasteiger partial charge in [0.25, 0.3) is 0 Å². The summed E-state index contributed by atoms with van der Waals surface area (Å²) in [6.07, 6.45) is 2.01.